The quantitative estimate of drug-likeness (QED) is 0.531. The molecule has 1 fully saturated rings. The molecule has 33 heavy (non-hydrogen) atoms. The summed E-state index contributed by atoms with van der Waals surface area (Å²) in [6.45, 7) is 7.27. The summed E-state index contributed by atoms with van der Waals surface area (Å²) in [5.74, 6) is 0.956. The van der Waals surface area contributed by atoms with E-state index in [1.807, 2.05) is 39.0 Å². The van der Waals surface area contributed by atoms with Crippen molar-refractivity contribution in [3.8, 4) is 11.5 Å². The van der Waals surface area contributed by atoms with E-state index in [1.165, 1.54) is 22.6 Å². The molecule has 180 valence electrons. The predicted octanol–water partition coefficient (Wildman–Crippen LogP) is 3.81. The number of benzene rings is 1. The zero-order valence-electron chi connectivity index (χ0n) is 19.1. The number of pyridine rings is 1. The number of aromatic nitrogens is 1. The number of carbonyl (C=O) groups excluding carboxylic acids is 1. The van der Waals surface area contributed by atoms with Crippen LogP contribution in [-0.2, 0) is 14.8 Å². The summed E-state index contributed by atoms with van der Waals surface area (Å²) in [4.78, 5) is 16.7. The summed E-state index contributed by atoms with van der Waals surface area (Å²) < 4.78 is 38.4. The van der Waals surface area contributed by atoms with Gasteiger partial charge in [-0.1, -0.05) is 17.7 Å². The summed E-state index contributed by atoms with van der Waals surface area (Å²) in [7, 11) is -3.75. The van der Waals surface area contributed by atoms with Crippen molar-refractivity contribution in [2.75, 3.05) is 26.3 Å². The van der Waals surface area contributed by atoms with Gasteiger partial charge in [-0.05, 0) is 63.4 Å². The Morgan fingerprint density at radius 2 is 1.85 bits per heavy atom. The molecule has 0 radical (unpaired) electrons. The summed E-state index contributed by atoms with van der Waals surface area (Å²) >= 11 is 5.98. The molecule has 0 aliphatic carbocycles. The van der Waals surface area contributed by atoms with Crippen molar-refractivity contribution in [1.82, 2.24) is 14.6 Å². The normalized spacial score (nSPS) is 16.2. The van der Waals surface area contributed by atoms with Gasteiger partial charge in [0, 0.05) is 25.2 Å². The third kappa shape index (κ3) is 5.96. The first-order valence-electron chi connectivity index (χ1n) is 11.1. The Hall–Kier alpha value is -2.36. The van der Waals surface area contributed by atoms with E-state index in [4.69, 9.17) is 21.1 Å². The molecule has 1 saturated heterocycles. The van der Waals surface area contributed by atoms with Gasteiger partial charge in [0.15, 0.2) is 11.5 Å². The molecule has 1 aliphatic heterocycles. The number of sulfonamides is 1. The second kappa shape index (κ2) is 11.2. The van der Waals surface area contributed by atoms with Crippen LogP contribution in [0.15, 0.2) is 41.4 Å². The highest BCUT2D eigenvalue weighted by molar-refractivity contribution is 7.89. The minimum absolute atomic E-state index is 0.0104. The van der Waals surface area contributed by atoms with Gasteiger partial charge in [0.05, 0.1) is 19.3 Å². The van der Waals surface area contributed by atoms with Crippen molar-refractivity contribution in [3.05, 3.63) is 47.2 Å². The molecule has 1 aromatic carbocycles. The van der Waals surface area contributed by atoms with Crippen molar-refractivity contribution >= 4 is 27.5 Å². The molecule has 1 atom stereocenters. The second-order valence-electron chi connectivity index (χ2n) is 7.77. The van der Waals surface area contributed by atoms with Crippen LogP contribution in [0.2, 0.25) is 5.15 Å². The molecule has 8 nitrogen and oxygen atoms in total. The van der Waals surface area contributed by atoms with Crippen LogP contribution in [-0.4, -0.2) is 49.9 Å². The van der Waals surface area contributed by atoms with Crippen LogP contribution in [0.1, 0.15) is 45.2 Å². The minimum Gasteiger partial charge on any atom is -0.490 e. The summed E-state index contributed by atoms with van der Waals surface area (Å²) in [6.07, 6.45) is 2.31. The largest absolute Gasteiger partial charge is 0.490 e. The SMILES string of the molecule is CCOc1ccc(C(C)NC(=O)C2CCN(S(=O)(=O)c3cccnc3Cl)CC2)cc1OCC. The lowest BCUT2D eigenvalue weighted by Gasteiger charge is -2.31. The second-order valence-corrected chi connectivity index (χ2v) is 10.0. The molecule has 0 bridgehead atoms. The van der Waals surface area contributed by atoms with E-state index >= 15 is 0 Å². The van der Waals surface area contributed by atoms with Gasteiger partial charge in [-0.15, -0.1) is 0 Å². The topological polar surface area (TPSA) is 97.8 Å². The highest BCUT2D eigenvalue weighted by atomic mass is 35.5. The molecule has 2 aromatic rings. The van der Waals surface area contributed by atoms with Crippen LogP contribution in [0.4, 0.5) is 0 Å². The molecule has 2 heterocycles. The number of carbonyl (C=O) groups is 1. The van der Waals surface area contributed by atoms with E-state index < -0.39 is 10.0 Å². The molecule has 1 aliphatic rings. The number of nitrogens with zero attached hydrogens (tertiary/aromatic N) is 2. The van der Waals surface area contributed by atoms with E-state index in [9.17, 15) is 13.2 Å². The summed E-state index contributed by atoms with van der Waals surface area (Å²) in [5, 5.41) is 3.00. The summed E-state index contributed by atoms with van der Waals surface area (Å²) in [5.41, 5.74) is 0.904. The molecule has 1 N–H and O–H groups in total. The van der Waals surface area contributed by atoms with E-state index in [1.54, 1.807) is 0 Å². The van der Waals surface area contributed by atoms with Crippen LogP contribution in [0, 0.1) is 5.92 Å². The summed E-state index contributed by atoms with van der Waals surface area (Å²) in [6, 6.07) is 8.39. The van der Waals surface area contributed by atoms with E-state index in [-0.39, 0.29) is 41.0 Å². The van der Waals surface area contributed by atoms with Gasteiger partial charge in [-0.25, -0.2) is 13.4 Å². The molecular formula is C23H30ClN3O5S. The third-order valence-electron chi connectivity index (χ3n) is 5.59. The van der Waals surface area contributed by atoms with Crippen LogP contribution >= 0.6 is 11.6 Å². The van der Waals surface area contributed by atoms with E-state index in [2.05, 4.69) is 10.3 Å². The third-order valence-corrected chi connectivity index (χ3v) is 7.94. The van der Waals surface area contributed by atoms with Gasteiger partial charge in [0.1, 0.15) is 10.0 Å². The predicted molar refractivity (Wildman–Crippen MR) is 126 cm³/mol. The van der Waals surface area contributed by atoms with Crippen molar-refractivity contribution in [1.29, 1.82) is 0 Å². The van der Waals surface area contributed by atoms with Crippen molar-refractivity contribution in [2.45, 2.75) is 44.6 Å². The number of rotatable bonds is 9. The highest BCUT2D eigenvalue weighted by Gasteiger charge is 2.33. The first-order chi connectivity index (χ1) is 15.8. The van der Waals surface area contributed by atoms with Crippen LogP contribution in [0.3, 0.4) is 0 Å². The lowest BCUT2D eigenvalue weighted by molar-refractivity contribution is -0.126. The lowest BCUT2D eigenvalue weighted by atomic mass is 9.96. The van der Waals surface area contributed by atoms with Crippen LogP contribution in [0.25, 0.3) is 0 Å². The standard InChI is InChI=1S/C23H30ClN3O5S/c1-4-31-19-9-8-18(15-20(19)32-5-2)16(3)26-23(28)17-10-13-27(14-11-17)33(29,30)21-7-6-12-25-22(21)24/h6-9,12,15-17H,4-5,10-11,13-14H2,1-3H3,(H,26,28). The van der Waals surface area contributed by atoms with Gasteiger partial charge in [-0.2, -0.15) is 4.31 Å². The number of halogens is 1. The first-order valence-corrected chi connectivity index (χ1v) is 12.9. The van der Waals surface area contributed by atoms with Gasteiger partial charge in [0.2, 0.25) is 15.9 Å². The van der Waals surface area contributed by atoms with Gasteiger partial charge < -0.3 is 14.8 Å². The van der Waals surface area contributed by atoms with Crippen molar-refractivity contribution in [3.63, 3.8) is 0 Å². The number of nitrogens with one attached hydrogen (secondary N) is 1. The Morgan fingerprint density at radius 3 is 2.48 bits per heavy atom. The maximum absolute atomic E-state index is 12.9. The monoisotopic (exact) mass is 495 g/mol. The smallest absolute Gasteiger partial charge is 0.246 e. The number of ether oxygens (including phenoxy) is 2. The van der Waals surface area contributed by atoms with Gasteiger partial charge in [0.25, 0.3) is 0 Å². The Kier molecular flexibility index (Phi) is 8.56. The fourth-order valence-corrected chi connectivity index (χ4v) is 5.71. The first kappa shape index (κ1) is 25.3. The minimum atomic E-state index is -3.75. The fraction of sp³-hybridized carbons (Fsp3) is 0.478. The molecule has 1 aromatic heterocycles. The Balaban J connectivity index is 1.61. The molecule has 1 unspecified atom stereocenters. The zero-order valence-corrected chi connectivity index (χ0v) is 20.7. The van der Waals surface area contributed by atoms with Crippen molar-refractivity contribution < 1.29 is 22.7 Å². The van der Waals surface area contributed by atoms with Crippen LogP contribution in [0.5, 0.6) is 11.5 Å². The number of amides is 1. The Morgan fingerprint density at radius 1 is 1.18 bits per heavy atom. The molecule has 3 rings (SSSR count). The number of hydrogen-bond acceptors (Lipinski definition) is 6. The zero-order chi connectivity index (χ0) is 24.0. The molecule has 1 amide bonds. The average molecular weight is 496 g/mol. The van der Waals surface area contributed by atoms with E-state index in [0.29, 0.717) is 37.6 Å². The Labute approximate surface area is 200 Å². The highest BCUT2D eigenvalue weighted by Crippen LogP contribution is 2.31. The Bertz CT molecular complexity index is 1070. The average Bonchev–Trinajstić information content (AvgIpc) is 2.80. The molecule has 10 heteroatoms. The molecule has 0 saturated carbocycles. The van der Waals surface area contributed by atoms with Gasteiger partial charge in [-0.3, -0.25) is 4.79 Å². The van der Waals surface area contributed by atoms with Gasteiger partial charge >= 0.3 is 0 Å². The van der Waals surface area contributed by atoms with Crippen molar-refractivity contribution in [2.24, 2.45) is 5.92 Å². The lowest BCUT2D eigenvalue weighted by Crippen LogP contribution is -2.43. The maximum Gasteiger partial charge on any atom is 0.246 e. The molecular weight excluding hydrogens is 466 g/mol. The number of hydrogen-bond donors (Lipinski definition) is 1. The number of piperidine rings is 1. The maximum atomic E-state index is 12.9. The van der Waals surface area contributed by atoms with Crippen LogP contribution < -0.4 is 14.8 Å². The molecule has 0 spiro atoms. The fourth-order valence-electron chi connectivity index (χ4n) is 3.81. The van der Waals surface area contributed by atoms with E-state index in [0.717, 1.165) is 5.56 Å².